The monoisotopic (exact) mass is 258 g/mol. The average molecular weight is 258 g/mol. The molecule has 0 aromatic carbocycles. The molecule has 0 unspecified atom stereocenters. The molecule has 2 rings (SSSR count). The normalized spacial score (nSPS) is 15.4. The number of rotatable bonds is 6. The summed E-state index contributed by atoms with van der Waals surface area (Å²) in [5.41, 5.74) is 1.57. The van der Waals surface area contributed by atoms with E-state index in [0.717, 1.165) is 24.5 Å². The maximum atomic E-state index is 9.02. The van der Waals surface area contributed by atoms with Crippen LogP contribution in [0.15, 0.2) is 12.1 Å². The van der Waals surface area contributed by atoms with Crippen molar-refractivity contribution in [1.82, 2.24) is 9.88 Å². The highest BCUT2D eigenvalue weighted by Gasteiger charge is 2.10. The Balaban J connectivity index is 1.70. The lowest BCUT2D eigenvalue weighted by Gasteiger charge is -2.14. The molecule has 1 fully saturated rings. The number of aromatic nitrogens is 1. The third-order valence-corrected chi connectivity index (χ3v) is 3.55. The van der Waals surface area contributed by atoms with Gasteiger partial charge in [0, 0.05) is 12.2 Å². The number of likely N-dealkylation sites (tertiary alicyclic amines) is 1. The number of aryl methyl sites for hydroxylation is 1. The van der Waals surface area contributed by atoms with Crippen LogP contribution in [0.3, 0.4) is 0 Å². The highest BCUT2D eigenvalue weighted by atomic mass is 15.1. The van der Waals surface area contributed by atoms with Gasteiger partial charge >= 0.3 is 0 Å². The minimum absolute atomic E-state index is 0.630. The quantitative estimate of drug-likeness (QED) is 0.797. The first-order chi connectivity index (χ1) is 9.29. The first-order valence-electron chi connectivity index (χ1n) is 7.13. The van der Waals surface area contributed by atoms with E-state index in [1.165, 1.54) is 38.9 Å². The summed E-state index contributed by atoms with van der Waals surface area (Å²) < 4.78 is 0. The lowest BCUT2D eigenvalue weighted by atomic mass is 10.2. The topological polar surface area (TPSA) is 52.0 Å². The van der Waals surface area contributed by atoms with E-state index in [2.05, 4.69) is 21.3 Å². The second kappa shape index (κ2) is 7.10. The van der Waals surface area contributed by atoms with E-state index in [-0.39, 0.29) is 0 Å². The van der Waals surface area contributed by atoms with Crippen molar-refractivity contribution >= 4 is 5.82 Å². The molecule has 4 heteroatoms. The molecule has 19 heavy (non-hydrogen) atoms. The zero-order valence-electron chi connectivity index (χ0n) is 11.7. The van der Waals surface area contributed by atoms with E-state index in [1.54, 1.807) is 0 Å². The third-order valence-electron chi connectivity index (χ3n) is 3.55. The first-order valence-corrected chi connectivity index (χ1v) is 7.13. The van der Waals surface area contributed by atoms with Crippen LogP contribution in [0.1, 0.15) is 36.9 Å². The Morgan fingerprint density at radius 3 is 2.84 bits per heavy atom. The molecule has 0 aliphatic carbocycles. The molecular weight excluding hydrogens is 236 g/mol. The summed E-state index contributed by atoms with van der Waals surface area (Å²) in [5, 5.41) is 12.3. The largest absolute Gasteiger partial charge is 0.369 e. The third kappa shape index (κ3) is 4.22. The maximum absolute atomic E-state index is 9.02. The van der Waals surface area contributed by atoms with Gasteiger partial charge in [0.05, 0.1) is 5.56 Å². The molecule has 4 nitrogen and oxygen atoms in total. The van der Waals surface area contributed by atoms with Gasteiger partial charge in [0.15, 0.2) is 0 Å². The van der Waals surface area contributed by atoms with Gasteiger partial charge in [-0.3, -0.25) is 0 Å². The van der Waals surface area contributed by atoms with E-state index in [0.29, 0.717) is 5.56 Å². The van der Waals surface area contributed by atoms with Gasteiger partial charge in [0.1, 0.15) is 11.9 Å². The molecule has 0 saturated carbocycles. The van der Waals surface area contributed by atoms with Crippen LogP contribution >= 0.6 is 0 Å². The van der Waals surface area contributed by atoms with Crippen LogP contribution in [0.4, 0.5) is 5.82 Å². The lowest BCUT2D eigenvalue weighted by Crippen LogP contribution is -2.21. The molecule has 0 spiro atoms. The van der Waals surface area contributed by atoms with Crippen molar-refractivity contribution in [2.24, 2.45) is 0 Å². The van der Waals surface area contributed by atoms with Crippen LogP contribution in [0, 0.1) is 18.3 Å². The van der Waals surface area contributed by atoms with Crippen molar-refractivity contribution in [2.75, 3.05) is 31.5 Å². The van der Waals surface area contributed by atoms with Crippen LogP contribution in [-0.2, 0) is 0 Å². The molecule has 1 aromatic rings. The number of unbranched alkanes of at least 4 members (excludes halogenated alkanes) is 1. The standard InChI is InChI=1S/C15H22N4/c1-13-6-7-14(12-16)15(18-13)17-8-2-3-9-19-10-4-5-11-19/h6-7H,2-5,8-11H2,1H3,(H,17,18). The SMILES string of the molecule is Cc1ccc(C#N)c(NCCCCN2CCCC2)n1. The highest BCUT2D eigenvalue weighted by Crippen LogP contribution is 2.12. The Kier molecular flexibility index (Phi) is 5.17. The molecule has 1 N–H and O–H groups in total. The van der Waals surface area contributed by atoms with Gasteiger partial charge in [0.25, 0.3) is 0 Å². The fourth-order valence-electron chi connectivity index (χ4n) is 2.46. The number of anilines is 1. The minimum Gasteiger partial charge on any atom is -0.369 e. The number of nitrogens with one attached hydrogen (secondary N) is 1. The fourth-order valence-corrected chi connectivity index (χ4v) is 2.46. The highest BCUT2D eigenvalue weighted by molar-refractivity contribution is 5.52. The summed E-state index contributed by atoms with van der Waals surface area (Å²) >= 11 is 0. The van der Waals surface area contributed by atoms with Gasteiger partial charge in [-0.05, 0) is 64.4 Å². The Morgan fingerprint density at radius 2 is 2.11 bits per heavy atom. The van der Waals surface area contributed by atoms with Crippen molar-refractivity contribution in [1.29, 1.82) is 5.26 Å². The Bertz CT molecular complexity index is 444. The van der Waals surface area contributed by atoms with E-state index in [1.807, 2.05) is 19.1 Å². The van der Waals surface area contributed by atoms with Crippen molar-refractivity contribution in [3.63, 3.8) is 0 Å². The van der Waals surface area contributed by atoms with E-state index in [9.17, 15) is 0 Å². The van der Waals surface area contributed by atoms with Gasteiger partial charge in [-0.15, -0.1) is 0 Å². The van der Waals surface area contributed by atoms with Gasteiger partial charge in [-0.2, -0.15) is 5.26 Å². The predicted molar refractivity (Wildman–Crippen MR) is 77.1 cm³/mol. The minimum atomic E-state index is 0.630. The molecule has 1 aromatic heterocycles. The van der Waals surface area contributed by atoms with Crippen molar-refractivity contribution in [3.8, 4) is 6.07 Å². The van der Waals surface area contributed by atoms with Gasteiger partial charge < -0.3 is 10.2 Å². The summed E-state index contributed by atoms with van der Waals surface area (Å²) in [6.07, 6.45) is 5.05. The van der Waals surface area contributed by atoms with Gasteiger partial charge in [0.2, 0.25) is 0 Å². The molecule has 0 radical (unpaired) electrons. The van der Waals surface area contributed by atoms with Gasteiger partial charge in [-0.1, -0.05) is 0 Å². The first kappa shape index (κ1) is 13.8. The van der Waals surface area contributed by atoms with Crippen molar-refractivity contribution in [3.05, 3.63) is 23.4 Å². The number of nitrogens with zero attached hydrogens (tertiary/aromatic N) is 3. The van der Waals surface area contributed by atoms with Crippen LogP contribution in [0.2, 0.25) is 0 Å². The average Bonchev–Trinajstić information content (AvgIpc) is 2.92. The number of hydrogen-bond acceptors (Lipinski definition) is 4. The van der Waals surface area contributed by atoms with E-state index >= 15 is 0 Å². The molecule has 1 saturated heterocycles. The summed E-state index contributed by atoms with van der Waals surface area (Å²) in [5.74, 6) is 0.726. The Hall–Kier alpha value is -1.60. The number of nitriles is 1. The van der Waals surface area contributed by atoms with Crippen molar-refractivity contribution in [2.45, 2.75) is 32.6 Å². The summed E-state index contributed by atoms with van der Waals surface area (Å²) in [4.78, 5) is 6.91. The van der Waals surface area contributed by atoms with E-state index in [4.69, 9.17) is 5.26 Å². The van der Waals surface area contributed by atoms with Crippen LogP contribution < -0.4 is 5.32 Å². The van der Waals surface area contributed by atoms with Crippen LogP contribution in [0.5, 0.6) is 0 Å². The molecule has 0 amide bonds. The maximum Gasteiger partial charge on any atom is 0.144 e. The second-order valence-corrected chi connectivity index (χ2v) is 5.14. The zero-order chi connectivity index (χ0) is 13.5. The van der Waals surface area contributed by atoms with Crippen LogP contribution in [-0.4, -0.2) is 36.1 Å². The number of hydrogen-bond donors (Lipinski definition) is 1. The molecule has 0 bridgehead atoms. The molecule has 0 atom stereocenters. The van der Waals surface area contributed by atoms with Crippen LogP contribution in [0.25, 0.3) is 0 Å². The predicted octanol–water partition coefficient (Wildman–Crippen LogP) is 2.55. The zero-order valence-corrected chi connectivity index (χ0v) is 11.7. The lowest BCUT2D eigenvalue weighted by molar-refractivity contribution is 0.331. The van der Waals surface area contributed by atoms with Gasteiger partial charge in [-0.25, -0.2) is 4.98 Å². The van der Waals surface area contributed by atoms with E-state index < -0.39 is 0 Å². The molecule has 102 valence electrons. The Labute approximate surface area is 115 Å². The number of pyridine rings is 1. The molecule has 2 heterocycles. The summed E-state index contributed by atoms with van der Waals surface area (Å²) in [7, 11) is 0. The Morgan fingerprint density at radius 1 is 1.32 bits per heavy atom. The second-order valence-electron chi connectivity index (χ2n) is 5.14. The smallest absolute Gasteiger partial charge is 0.144 e. The molecule has 1 aliphatic heterocycles. The fraction of sp³-hybridized carbons (Fsp3) is 0.600. The summed E-state index contributed by atoms with van der Waals surface area (Å²) in [6, 6.07) is 5.88. The molecular formula is C15H22N4. The van der Waals surface area contributed by atoms with Crippen molar-refractivity contribution < 1.29 is 0 Å². The summed E-state index contributed by atoms with van der Waals surface area (Å²) in [6.45, 7) is 6.57. The molecule has 1 aliphatic rings.